The van der Waals surface area contributed by atoms with Crippen molar-refractivity contribution in [2.45, 2.75) is 174 Å². The van der Waals surface area contributed by atoms with Gasteiger partial charge in [-0.25, -0.2) is 0 Å². The third kappa shape index (κ3) is 27.8. The maximum Gasteiger partial charge on any atom is 0.306 e. The lowest BCUT2D eigenvalue weighted by molar-refractivity contribution is -0.154. The Kier molecular flexibility index (Phi) is 29.1. The van der Waals surface area contributed by atoms with Crippen LogP contribution in [-0.4, -0.2) is 37.0 Å². The van der Waals surface area contributed by atoms with Crippen molar-refractivity contribution in [3.8, 4) is 0 Å². The van der Waals surface area contributed by atoms with Crippen molar-refractivity contribution < 1.29 is 19.4 Å². The second-order valence-electron chi connectivity index (χ2n) is 10.5. The number of ether oxygens (including phenoxy) is 2. The van der Waals surface area contributed by atoms with E-state index in [0.29, 0.717) is 19.6 Å². The van der Waals surface area contributed by atoms with Crippen LogP contribution in [0.4, 0.5) is 0 Å². The molecule has 0 aromatic heterocycles. The summed E-state index contributed by atoms with van der Waals surface area (Å²) in [6, 6.07) is 0. The van der Waals surface area contributed by atoms with Gasteiger partial charge in [0, 0.05) is 13.0 Å². The first-order chi connectivity index (χ1) is 17.2. The Morgan fingerprint density at radius 2 is 0.943 bits per heavy atom. The van der Waals surface area contributed by atoms with E-state index in [2.05, 4.69) is 13.8 Å². The predicted octanol–water partition coefficient (Wildman–Crippen LogP) is 9.31. The monoisotopic (exact) mass is 498 g/mol. The number of hydrogen-bond donors (Lipinski definition) is 1. The summed E-state index contributed by atoms with van der Waals surface area (Å²) in [5.74, 6) is -0.216. The lowest BCUT2D eigenvalue weighted by Crippen LogP contribution is -2.27. The number of unbranched alkanes of at least 4 members (excludes halogenated alkanes) is 21. The van der Waals surface area contributed by atoms with E-state index in [9.17, 15) is 9.90 Å². The Bertz CT molecular complexity index is 413. The Labute approximate surface area is 219 Å². The van der Waals surface area contributed by atoms with Crippen molar-refractivity contribution in [2.75, 3.05) is 19.8 Å². The van der Waals surface area contributed by atoms with E-state index in [0.717, 1.165) is 32.1 Å². The molecular formula is C31H62O4. The van der Waals surface area contributed by atoms with E-state index in [4.69, 9.17) is 9.47 Å². The topological polar surface area (TPSA) is 55.8 Å². The van der Waals surface area contributed by atoms with Crippen molar-refractivity contribution in [1.29, 1.82) is 0 Å². The molecule has 0 saturated heterocycles. The molecule has 210 valence electrons. The lowest BCUT2D eigenvalue weighted by atomic mass is 10.0. The quantitative estimate of drug-likeness (QED) is 0.0824. The fourth-order valence-corrected chi connectivity index (χ4v) is 4.56. The summed E-state index contributed by atoms with van der Waals surface area (Å²) in [6.07, 6.45) is 30.3. The van der Waals surface area contributed by atoms with Crippen molar-refractivity contribution in [3.63, 3.8) is 0 Å². The molecule has 0 saturated carbocycles. The molecule has 0 fully saturated rings. The molecule has 0 rings (SSSR count). The minimum absolute atomic E-state index is 0.167. The van der Waals surface area contributed by atoms with Gasteiger partial charge < -0.3 is 14.6 Å². The Balaban J connectivity index is 3.27. The standard InChI is InChI=1S/C31H62O4/c1-3-5-7-9-10-11-12-13-14-15-16-17-18-19-20-21-22-23-25-27-34-29-30(28-32)35-31(33)26-24-8-6-4-2/h30,32H,3-29H2,1-2H3. The summed E-state index contributed by atoms with van der Waals surface area (Å²) in [5, 5.41) is 9.39. The average Bonchev–Trinajstić information content (AvgIpc) is 2.86. The molecule has 0 bridgehead atoms. The first-order valence-corrected chi connectivity index (χ1v) is 15.6. The van der Waals surface area contributed by atoms with Gasteiger partial charge in [0.2, 0.25) is 0 Å². The zero-order valence-corrected chi connectivity index (χ0v) is 23.8. The van der Waals surface area contributed by atoms with Gasteiger partial charge in [0.05, 0.1) is 13.2 Å². The van der Waals surface area contributed by atoms with E-state index >= 15 is 0 Å². The zero-order chi connectivity index (χ0) is 25.7. The van der Waals surface area contributed by atoms with Crippen LogP contribution in [0.3, 0.4) is 0 Å². The number of esters is 1. The zero-order valence-electron chi connectivity index (χ0n) is 23.8. The van der Waals surface area contributed by atoms with Gasteiger partial charge in [0.1, 0.15) is 6.10 Å². The molecule has 4 heteroatoms. The Morgan fingerprint density at radius 3 is 1.34 bits per heavy atom. The molecule has 1 unspecified atom stereocenters. The van der Waals surface area contributed by atoms with Gasteiger partial charge in [0.25, 0.3) is 0 Å². The van der Waals surface area contributed by atoms with Gasteiger partial charge in [-0.2, -0.15) is 0 Å². The largest absolute Gasteiger partial charge is 0.457 e. The van der Waals surface area contributed by atoms with Crippen molar-refractivity contribution >= 4 is 5.97 Å². The van der Waals surface area contributed by atoms with Crippen LogP contribution in [0.25, 0.3) is 0 Å². The summed E-state index contributed by atoms with van der Waals surface area (Å²) in [5.41, 5.74) is 0. The highest BCUT2D eigenvalue weighted by Gasteiger charge is 2.13. The van der Waals surface area contributed by atoms with Gasteiger partial charge in [-0.3, -0.25) is 4.79 Å². The number of hydrogen-bond acceptors (Lipinski definition) is 4. The second kappa shape index (κ2) is 29.6. The summed E-state index contributed by atoms with van der Waals surface area (Å²) in [7, 11) is 0. The van der Waals surface area contributed by atoms with E-state index < -0.39 is 6.10 Å². The number of carbonyl (C=O) groups is 1. The van der Waals surface area contributed by atoms with Crippen LogP contribution in [-0.2, 0) is 14.3 Å². The maximum atomic E-state index is 11.8. The summed E-state index contributed by atoms with van der Waals surface area (Å²) in [6.45, 7) is 5.26. The summed E-state index contributed by atoms with van der Waals surface area (Å²) < 4.78 is 10.9. The van der Waals surface area contributed by atoms with E-state index in [-0.39, 0.29) is 12.6 Å². The third-order valence-electron chi connectivity index (χ3n) is 6.93. The second-order valence-corrected chi connectivity index (χ2v) is 10.5. The number of aliphatic hydroxyl groups excluding tert-OH is 1. The molecule has 4 nitrogen and oxygen atoms in total. The first kappa shape index (κ1) is 34.4. The average molecular weight is 499 g/mol. The van der Waals surface area contributed by atoms with E-state index in [1.54, 1.807) is 0 Å². The minimum Gasteiger partial charge on any atom is -0.457 e. The van der Waals surface area contributed by atoms with Crippen molar-refractivity contribution in [1.82, 2.24) is 0 Å². The van der Waals surface area contributed by atoms with Crippen LogP contribution in [0.5, 0.6) is 0 Å². The molecule has 0 radical (unpaired) electrons. The number of carbonyl (C=O) groups excluding carboxylic acids is 1. The molecule has 35 heavy (non-hydrogen) atoms. The molecule has 0 aliphatic carbocycles. The summed E-state index contributed by atoms with van der Waals surface area (Å²) >= 11 is 0. The molecule has 1 N–H and O–H groups in total. The molecule has 0 aromatic rings. The lowest BCUT2D eigenvalue weighted by Gasteiger charge is -2.15. The van der Waals surface area contributed by atoms with Crippen LogP contribution in [0, 0.1) is 0 Å². The number of aliphatic hydroxyl groups is 1. The van der Waals surface area contributed by atoms with Crippen LogP contribution in [0.2, 0.25) is 0 Å². The fourth-order valence-electron chi connectivity index (χ4n) is 4.56. The molecule has 0 aromatic carbocycles. The highest BCUT2D eigenvalue weighted by molar-refractivity contribution is 5.69. The highest BCUT2D eigenvalue weighted by atomic mass is 16.6. The molecule has 1 atom stereocenters. The highest BCUT2D eigenvalue weighted by Crippen LogP contribution is 2.14. The van der Waals surface area contributed by atoms with Gasteiger partial charge >= 0.3 is 5.97 Å². The predicted molar refractivity (Wildman–Crippen MR) is 150 cm³/mol. The van der Waals surface area contributed by atoms with E-state index in [1.807, 2.05) is 0 Å². The minimum atomic E-state index is -0.519. The molecule has 0 aliphatic rings. The van der Waals surface area contributed by atoms with Crippen molar-refractivity contribution in [2.24, 2.45) is 0 Å². The third-order valence-corrected chi connectivity index (χ3v) is 6.93. The van der Waals surface area contributed by atoms with Gasteiger partial charge in [-0.1, -0.05) is 149 Å². The fraction of sp³-hybridized carbons (Fsp3) is 0.968. The molecule has 0 aliphatic heterocycles. The van der Waals surface area contributed by atoms with Crippen LogP contribution in [0.1, 0.15) is 168 Å². The maximum absolute atomic E-state index is 11.8. The van der Waals surface area contributed by atoms with Gasteiger partial charge in [-0.05, 0) is 12.8 Å². The molecule has 0 heterocycles. The van der Waals surface area contributed by atoms with E-state index in [1.165, 1.54) is 116 Å². The summed E-state index contributed by atoms with van der Waals surface area (Å²) in [4.78, 5) is 11.8. The smallest absolute Gasteiger partial charge is 0.306 e. The Hall–Kier alpha value is -0.610. The first-order valence-electron chi connectivity index (χ1n) is 15.6. The molecule has 0 amide bonds. The van der Waals surface area contributed by atoms with Gasteiger partial charge in [-0.15, -0.1) is 0 Å². The van der Waals surface area contributed by atoms with Crippen LogP contribution >= 0.6 is 0 Å². The Morgan fingerprint density at radius 1 is 0.571 bits per heavy atom. The molecule has 0 spiro atoms. The SMILES string of the molecule is CCCCCCCCCCCCCCCCCCCCCOCC(CO)OC(=O)CCCCCC. The molecular weight excluding hydrogens is 436 g/mol. The van der Waals surface area contributed by atoms with Crippen molar-refractivity contribution in [3.05, 3.63) is 0 Å². The van der Waals surface area contributed by atoms with Crippen LogP contribution in [0.15, 0.2) is 0 Å². The van der Waals surface area contributed by atoms with Crippen LogP contribution < -0.4 is 0 Å². The normalized spacial score (nSPS) is 12.2. The number of rotatable bonds is 29. The van der Waals surface area contributed by atoms with Gasteiger partial charge in [0.15, 0.2) is 0 Å².